The Balaban J connectivity index is 2.33. The molecule has 2 amide bonds. The first-order valence-corrected chi connectivity index (χ1v) is 6.48. The molecule has 3 N–H and O–H groups in total. The van der Waals surface area contributed by atoms with Gasteiger partial charge in [0.15, 0.2) is 6.61 Å². The van der Waals surface area contributed by atoms with Crippen LogP contribution < -0.4 is 10.6 Å². The molecule has 1 unspecified atom stereocenters. The van der Waals surface area contributed by atoms with E-state index in [1.807, 2.05) is 0 Å². The Morgan fingerprint density at radius 1 is 1.39 bits per heavy atom. The minimum atomic E-state index is -4.66. The van der Waals surface area contributed by atoms with Crippen molar-refractivity contribution in [1.82, 2.24) is 10.6 Å². The van der Waals surface area contributed by atoms with Crippen LogP contribution >= 0.6 is 0 Å². The van der Waals surface area contributed by atoms with Gasteiger partial charge in [0.05, 0.1) is 11.6 Å². The van der Waals surface area contributed by atoms with Gasteiger partial charge in [0.2, 0.25) is 0 Å². The number of aromatic hydroxyl groups is 1. The number of nitrogens with one attached hydrogen (secondary N) is 2. The maximum absolute atomic E-state index is 12.2. The molecule has 124 valence electrons. The molecule has 0 saturated carbocycles. The van der Waals surface area contributed by atoms with E-state index in [4.69, 9.17) is 0 Å². The Bertz CT molecular complexity index is 670. The van der Waals surface area contributed by atoms with Crippen molar-refractivity contribution in [1.29, 1.82) is 0 Å². The minimum Gasteiger partial charge on any atom is -0.508 e. The van der Waals surface area contributed by atoms with Crippen LogP contribution in [-0.2, 0) is 9.53 Å². The summed E-state index contributed by atoms with van der Waals surface area (Å²) in [6.45, 7) is -0.359. The van der Waals surface area contributed by atoms with Crippen LogP contribution in [0, 0.1) is 0 Å². The predicted octanol–water partition coefficient (Wildman–Crippen LogP) is 2.13. The SMILES string of the molecule is CC1=C(C(=O)OCC(F)(F)F)C(c2cccc(O)c2)NC(=O)N1. The third-order valence-corrected chi connectivity index (χ3v) is 3.06. The molecular weight excluding hydrogens is 317 g/mol. The van der Waals surface area contributed by atoms with Crippen LogP contribution in [0.25, 0.3) is 0 Å². The van der Waals surface area contributed by atoms with Crippen LogP contribution in [0.1, 0.15) is 18.5 Å². The number of carbonyl (C=O) groups excluding carboxylic acids is 2. The van der Waals surface area contributed by atoms with Gasteiger partial charge in [0.25, 0.3) is 0 Å². The highest BCUT2D eigenvalue weighted by atomic mass is 19.4. The van der Waals surface area contributed by atoms with Gasteiger partial charge in [-0.1, -0.05) is 12.1 Å². The normalized spacial score (nSPS) is 18.3. The number of amides is 2. The van der Waals surface area contributed by atoms with Gasteiger partial charge in [-0.05, 0) is 24.6 Å². The van der Waals surface area contributed by atoms with Gasteiger partial charge in [0.1, 0.15) is 5.75 Å². The van der Waals surface area contributed by atoms with Crippen molar-refractivity contribution >= 4 is 12.0 Å². The molecule has 1 atom stereocenters. The molecule has 0 aliphatic carbocycles. The number of phenols is 1. The minimum absolute atomic E-state index is 0.0780. The topological polar surface area (TPSA) is 87.7 Å². The number of rotatable bonds is 3. The Hall–Kier alpha value is -2.71. The molecule has 9 heteroatoms. The summed E-state index contributed by atoms with van der Waals surface area (Å²) in [5.74, 6) is -1.32. The molecular formula is C14H13F3N2O4. The maximum atomic E-state index is 12.2. The average molecular weight is 330 g/mol. The van der Waals surface area contributed by atoms with E-state index < -0.39 is 30.8 Å². The largest absolute Gasteiger partial charge is 0.508 e. The predicted molar refractivity (Wildman–Crippen MR) is 72.2 cm³/mol. The highest BCUT2D eigenvalue weighted by molar-refractivity contribution is 5.95. The number of hydrogen-bond acceptors (Lipinski definition) is 4. The molecule has 0 bridgehead atoms. The standard InChI is InChI=1S/C14H13F3N2O4/c1-7-10(12(21)23-6-14(15,16)17)11(19-13(22)18-7)8-3-2-4-9(20)5-8/h2-5,11,20H,6H2,1H3,(H2,18,19,22). The number of hydrogen-bond donors (Lipinski definition) is 3. The second-order valence-electron chi connectivity index (χ2n) is 4.86. The summed E-state index contributed by atoms with van der Waals surface area (Å²) in [5.41, 5.74) is 0.242. The highest BCUT2D eigenvalue weighted by Crippen LogP contribution is 2.29. The Morgan fingerprint density at radius 2 is 2.09 bits per heavy atom. The van der Waals surface area contributed by atoms with E-state index in [0.717, 1.165) is 0 Å². The van der Waals surface area contributed by atoms with E-state index in [-0.39, 0.29) is 17.0 Å². The molecule has 0 saturated heterocycles. The lowest BCUT2D eigenvalue weighted by Crippen LogP contribution is -2.45. The van der Waals surface area contributed by atoms with E-state index >= 15 is 0 Å². The quantitative estimate of drug-likeness (QED) is 0.741. The van der Waals surface area contributed by atoms with Gasteiger partial charge in [-0.25, -0.2) is 9.59 Å². The Kier molecular flexibility index (Phi) is 4.48. The fourth-order valence-electron chi connectivity index (χ4n) is 2.14. The Labute approximate surface area is 128 Å². The third-order valence-electron chi connectivity index (χ3n) is 3.06. The van der Waals surface area contributed by atoms with Gasteiger partial charge >= 0.3 is 18.2 Å². The van der Waals surface area contributed by atoms with E-state index in [1.165, 1.54) is 31.2 Å². The molecule has 0 spiro atoms. The number of urea groups is 1. The van der Waals surface area contributed by atoms with Crippen LogP contribution in [0.4, 0.5) is 18.0 Å². The van der Waals surface area contributed by atoms with Crippen molar-refractivity contribution < 1.29 is 32.6 Å². The summed E-state index contributed by atoms with van der Waals surface area (Å²) < 4.78 is 40.9. The number of benzene rings is 1. The molecule has 1 aliphatic heterocycles. The zero-order valence-electron chi connectivity index (χ0n) is 11.9. The van der Waals surface area contributed by atoms with Crippen molar-refractivity contribution in [3.63, 3.8) is 0 Å². The van der Waals surface area contributed by atoms with Gasteiger partial charge in [0, 0.05) is 5.70 Å². The fraction of sp³-hybridized carbons (Fsp3) is 0.286. The summed E-state index contributed by atoms with van der Waals surface area (Å²) >= 11 is 0. The van der Waals surface area contributed by atoms with E-state index in [1.54, 1.807) is 0 Å². The van der Waals surface area contributed by atoms with Crippen LogP contribution in [0.2, 0.25) is 0 Å². The number of allylic oxidation sites excluding steroid dienone is 1. The summed E-state index contributed by atoms with van der Waals surface area (Å²) in [7, 11) is 0. The second-order valence-corrected chi connectivity index (χ2v) is 4.86. The first kappa shape index (κ1) is 16.7. The number of carbonyl (C=O) groups is 2. The van der Waals surface area contributed by atoms with Crippen molar-refractivity contribution in [3.8, 4) is 5.75 Å². The molecule has 6 nitrogen and oxygen atoms in total. The monoisotopic (exact) mass is 330 g/mol. The van der Waals surface area contributed by atoms with Crippen LogP contribution in [-0.4, -0.2) is 29.9 Å². The maximum Gasteiger partial charge on any atom is 0.422 e. The van der Waals surface area contributed by atoms with Crippen LogP contribution in [0.5, 0.6) is 5.75 Å². The lowest BCUT2D eigenvalue weighted by atomic mass is 9.95. The molecule has 1 aromatic rings. The fourth-order valence-corrected chi connectivity index (χ4v) is 2.14. The average Bonchev–Trinajstić information content (AvgIpc) is 2.43. The van der Waals surface area contributed by atoms with Crippen molar-refractivity contribution in [2.45, 2.75) is 19.1 Å². The van der Waals surface area contributed by atoms with E-state index in [2.05, 4.69) is 15.4 Å². The molecule has 0 aromatic heterocycles. The lowest BCUT2D eigenvalue weighted by Gasteiger charge is -2.28. The summed E-state index contributed by atoms with van der Waals surface area (Å²) in [6.07, 6.45) is -4.66. The highest BCUT2D eigenvalue weighted by Gasteiger charge is 2.35. The first-order chi connectivity index (χ1) is 10.7. The van der Waals surface area contributed by atoms with E-state index in [9.17, 15) is 27.9 Å². The summed E-state index contributed by atoms with van der Waals surface area (Å²) in [4.78, 5) is 23.6. The molecule has 0 fully saturated rings. The van der Waals surface area contributed by atoms with E-state index in [0.29, 0.717) is 5.56 Å². The number of esters is 1. The molecule has 1 heterocycles. The third kappa shape index (κ3) is 4.15. The zero-order valence-corrected chi connectivity index (χ0v) is 11.9. The summed E-state index contributed by atoms with van der Waals surface area (Å²) in [5, 5.41) is 14.2. The van der Waals surface area contributed by atoms with Crippen molar-refractivity contribution in [2.75, 3.05) is 6.61 Å². The molecule has 2 rings (SSSR count). The molecule has 1 aromatic carbocycles. The van der Waals surface area contributed by atoms with Gasteiger partial charge in [-0.15, -0.1) is 0 Å². The van der Waals surface area contributed by atoms with Crippen LogP contribution in [0.3, 0.4) is 0 Å². The lowest BCUT2D eigenvalue weighted by molar-refractivity contribution is -0.183. The molecule has 1 aliphatic rings. The van der Waals surface area contributed by atoms with Gasteiger partial charge in [-0.3, -0.25) is 0 Å². The van der Waals surface area contributed by atoms with Crippen LogP contribution in [0.15, 0.2) is 35.5 Å². The number of ether oxygens (including phenoxy) is 1. The first-order valence-electron chi connectivity index (χ1n) is 6.48. The van der Waals surface area contributed by atoms with Crippen molar-refractivity contribution in [2.24, 2.45) is 0 Å². The van der Waals surface area contributed by atoms with Gasteiger partial charge in [-0.2, -0.15) is 13.2 Å². The number of phenolic OH excluding ortho intramolecular Hbond substituents is 1. The summed E-state index contributed by atoms with van der Waals surface area (Å²) in [6, 6.07) is 4.01. The Morgan fingerprint density at radius 3 is 2.70 bits per heavy atom. The zero-order chi connectivity index (χ0) is 17.2. The molecule has 0 radical (unpaired) electrons. The number of alkyl halides is 3. The van der Waals surface area contributed by atoms with Crippen molar-refractivity contribution in [3.05, 3.63) is 41.1 Å². The number of halogens is 3. The smallest absolute Gasteiger partial charge is 0.422 e. The second kappa shape index (κ2) is 6.19. The molecule has 23 heavy (non-hydrogen) atoms. The van der Waals surface area contributed by atoms with Gasteiger partial charge < -0.3 is 20.5 Å².